The summed E-state index contributed by atoms with van der Waals surface area (Å²) in [5.41, 5.74) is 1.28. The molecule has 0 aromatic heterocycles. The zero-order valence-electron chi connectivity index (χ0n) is 7.01. The molecule has 2 aliphatic heterocycles. The first-order valence-corrected chi connectivity index (χ1v) is 3.45. The van der Waals surface area contributed by atoms with Crippen LogP contribution in [0.3, 0.4) is 0 Å². The molecular weight excluding hydrogens is 209 g/mol. The standard InChI is InChI=1S/C9H9N.2ClH.H2O/c1-3-7-10-8-4-2-6-9(10)5-1;;;/h1-7H,8H2;2*1H;1H2. The van der Waals surface area contributed by atoms with Crippen LogP contribution in [-0.2, 0) is 0 Å². The molecule has 0 atom stereocenters. The van der Waals surface area contributed by atoms with Gasteiger partial charge in [0.25, 0.3) is 0 Å². The van der Waals surface area contributed by atoms with Crippen LogP contribution >= 0.6 is 24.8 Å². The van der Waals surface area contributed by atoms with Crippen LogP contribution < -0.4 is 0 Å². The van der Waals surface area contributed by atoms with Crippen molar-refractivity contribution >= 4 is 24.8 Å². The van der Waals surface area contributed by atoms with Gasteiger partial charge in [-0.3, -0.25) is 0 Å². The Labute approximate surface area is 90.4 Å². The van der Waals surface area contributed by atoms with Crippen LogP contribution in [0, 0.1) is 0 Å². The molecule has 0 aromatic rings. The van der Waals surface area contributed by atoms with Gasteiger partial charge in [0.15, 0.2) is 0 Å². The molecule has 74 valence electrons. The summed E-state index contributed by atoms with van der Waals surface area (Å²) in [5.74, 6) is 0. The Bertz CT molecular complexity index is 256. The molecule has 2 heterocycles. The van der Waals surface area contributed by atoms with E-state index in [0.29, 0.717) is 0 Å². The van der Waals surface area contributed by atoms with Crippen LogP contribution in [0.1, 0.15) is 0 Å². The zero-order valence-corrected chi connectivity index (χ0v) is 8.65. The van der Waals surface area contributed by atoms with Crippen LogP contribution in [0.4, 0.5) is 0 Å². The molecule has 0 saturated heterocycles. The highest BCUT2D eigenvalue weighted by Crippen LogP contribution is 2.14. The minimum Gasteiger partial charge on any atom is -0.412 e. The van der Waals surface area contributed by atoms with E-state index in [-0.39, 0.29) is 30.3 Å². The van der Waals surface area contributed by atoms with E-state index in [4.69, 9.17) is 0 Å². The number of allylic oxidation sites excluding steroid dienone is 5. The van der Waals surface area contributed by atoms with Gasteiger partial charge in [0, 0.05) is 18.4 Å². The third-order valence-corrected chi connectivity index (χ3v) is 1.68. The zero-order chi connectivity index (χ0) is 6.81. The van der Waals surface area contributed by atoms with Crippen LogP contribution in [-0.4, -0.2) is 16.9 Å². The Balaban J connectivity index is 0. The van der Waals surface area contributed by atoms with Gasteiger partial charge in [-0.15, -0.1) is 24.8 Å². The first-order valence-electron chi connectivity index (χ1n) is 3.45. The van der Waals surface area contributed by atoms with Crippen molar-refractivity contribution in [3.05, 3.63) is 48.4 Å². The van der Waals surface area contributed by atoms with Crippen LogP contribution in [0.15, 0.2) is 48.4 Å². The van der Waals surface area contributed by atoms with E-state index in [0.717, 1.165) is 6.54 Å². The molecule has 2 N–H and O–H groups in total. The molecule has 0 unspecified atom stereocenters. The van der Waals surface area contributed by atoms with Gasteiger partial charge in [-0.2, -0.15) is 0 Å². The third kappa shape index (κ3) is 3.27. The van der Waals surface area contributed by atoms with E-state index in [9.17, 15) is 0 Å². The van der Waals surface area contributed by atoms with Crippen molar-refractivity contribution in [1.82, 2.24) is 4.90 Å². The maximum atomic E-state index is 2.21. The molecule has 0 aromatic carbocycles. The number of nitrogens with zero attached hydrogens (tertiary/aromatic N) is 1. The van der Waals surface area contributed by atoms with Crippen molar-refractivity contribution in [1.29, 1.82) is 0 Å². The van der Waals surface area contributed by atoms with Crippen molar-refractivity contribution in [3.63, 3.8) is 0 Å². The smallest absolute Gasteiger partial charge is 0.0409 e. The van der Waals surface area contributed by atoms with Crippen LogP contribution in [0.25, 0.3) is 0 Å². The molecule has 2 nitrogen and oxygen atoms in total. The molecule has 0 spiro atoms. The largest absolute Gasteiger partial charge is 0.412 e. The van der Waals surface area contributed by atoms with E-state index < -0.39 is 0 Å². The van der Waals surface area contributed by atoms with Gasteiger partial charge in [-0.05, 0) is 18.2 Å². The summed E-state index contributed by atoms with van der Waals surface area (Å²) in [7, 11) is 0. The summed E-state index contributed by atoms with van der Waals surface area (Å²) in [5, 5.41) is 0. The molecule has 2 aliphatic rings. The molecule has 0 fully saturated rings. The summed E-state index contributed by atoms with van der Waals surface area (Å²) < 4.78 is 0. The fourth-order valence-electron chi connectivity index (χ4n) is 1.15. The molecule has 0 aliphatic carbocycles. The van der Waals surface area contributed by atoms with Gasteiger partial charge < -0.3 is 10.4 Å². The number of halogens is 2. The van der Waals surface area contributed by atoms with Gasteiger partial charge in [0.1, 0.15) is 0 Å². The Hall–Kier alpha value is -0.700. The molecule has 2 rings (SSSR count). The first kappa shape index (κ1) is 14.8. The van der Waals surface area contributed by atoms with Gasteiger partial charge in [-0.1, -0.05) is 18.2 Å². The van der Waals surface area contributed by atoms with E-state index in [2.05, 4.69) is 47.6 Å². The van der Waals surface area contributed by atoms with Gasteiger partial charge >= 0.3 is 0 Å². The molecule has 0 bridgehead atoms. The van der Waals surface area contributed by atoms with Crippen molar-refractivity contribution in [3.8, 4) is 0 Å². The lowest BCUT2D eigenvalue weighted by molar-refractivity contribution is 0.523. The summed E-state index contributed by atoms with van der Waals surface area (Å²) in [6, 6.07) is 0. The Morgan fingerprint density at radius 2 is 1.85 bits per heavy atom. The highest BCUT2D eigenvalue weighted by atomic mass is 35.5. The number of hydrogen-bond acceptors (Lipinski definition) is 1. The van der Waals surface area contributed by atoms with Crippen molar-refractivity contribution in [2.45, 2.75) is 0 Å². The maximum Gasteiger partial charge on any atom is 0.0409 e. The highest BCUT2D eigenvalue weighted by molar-refractivity contribution is 5.85. The van der Waals surface area contributed by atoms with E-state index in [1.807, 2.05) is 0 Å². The summed E-state index contributed by atoms with van der Waals surface area (Å²) >= 11 is 0. The molecule has 4 heteroatoms. The van der Waals surface area contributed by atoms with Crippen molar-refractivity contribution in [2.75, 3.05) is 6.54 Å². The van der Waals surface area contributed by atoms with Gasteiger partial charge in [-0.25, -0.2) is 0 Å². The second-order valence-electron chi connectivity index (χ2n) is 2.37. The number of hydrogen-bond donors (Lipinski definition) is 0. The molecule has 0 amide bonds. The maximum absolute atomic E-state index is 2.21. The Morgan fingerprint density at radius 3 is 2.54 bits per heavy atom. The Kier molecular flexibility index (Phi) is 7.72. The quantitative estimate of drug-likeness (QED) is 0.615. The topological polar surface area (TPSA) is 34.7 Å². The van der Waals surface area contributed by atoms with Gasteiger partial charge in [0.05, 0.1) is 0 Å². The molecule has 0 radical (unpaired) electrons. The van der Waals surface area contributed by atoms with Crippen molar-refractivity contribution < 1.29 is 5.48 Å². The summed E-state index contributed by atoms with van der Waals surface area (Å²) in [6.07, 6.45) is 14.7. The third-order valence-electron chi connectivity index (χ3n) is 1.68. The summed E-state index contributed by atoms with van der Waals surface area (Å²) in [6.45, 7) is 1.01. The molecular formula is C9H13Cl2NO. The predicted molar refractivity (Wildman–Crippen MR) is 60.3 cm³/mol. The lowest BCUT2D eigenvalue weighted by Gasteiger charge is -2.23. The first-order chi connectivity index (χ1) is 4.97. The minimum absolute atomic E-state index is 0. The van der Waals surface area contributed by atoms with Gasteiger partial charge in [0.2, 0.25) is 0 Å². The second kappa shape index (κ2) is 6.78. The normalized spacial score (nSPS) is 16.0. The summed E-state index contributed by atoms with van der Waals surface area (Å²) in [4.78, 5) is 2.21. The lowest BCUT2D eigenvalue weighted by atomic mass is 10.2. The monoisotopic (exact) mass is 221 g/mol. The number of fused-ring (bicyclic) bond motifs is 1. The molecule has 0 saturated carbocycles. The average molecular weight is 222 g/mol. The number of rotatable bonds is 0. The van der Waals surface area contributed by atoms with E-state index in [1.165, 1.54) is 5.70 Å². The van der Waals surface area contributed by atoms with E-state index in [1.54, 1.807) is 0 Å². The Morgan fingerprint density at radius 1 is 1.08 bits per heavy atom. The predicted octanol–water partition coefficient (Wildman–Crippen LogP) is 1.84. The minimum atomic E-state index is 0. The van der Waals surface area contributed by atoms with Crippen molar-refractivity contribution in [2.24, 2.45) is 0 Å². The SMILES string of the molecule is C1=CCN2C=CC=CC2=C1.Cl.Cl.O. The lowest BCUT2D eigenvalue weighted by Crippen LogP contribution is -2.18. The fraction of sp³-hybridized carbons (Fsp3) is 0.111. The second-order valence-corrected chi connectivity index (χ2v) is 2.37. The van der Waals surface area contributed by atoms with E-state index >= 15 is 0 Å². The average Bonchev–Trinajstić information content (AvgIpc) is 2.05. The van der Waals surface area contributed by atoms with Crippen LogP contribution in [0.5, 0.6) is 0 Å². The van der Waals surface area contributed by atoms with Crippen LogP contribution in [0.2, 0.25) is 0 Å². The fourth-order valence-corrected chi connectivity index (χ4v) is 1.15. The molecule has 13 heavy (non-hydrogen) atoms. The highest BCUT2D eigenvalue weighted by Gasteiger charge is 2.05.